The van der Waals surface area contributed by atoms with E-state index in [0.717, 1.165) is 57.8 Å². The van der Waals surface area contributed by atoms with Gasteiger partial charge in [0.15, 0.2) is 0 Å². The number of carbonyl (C=O) groups excluding carboxylic acids is 2. The summed E-state index contributed by atoms with van der Waals surface area (Å²) in [6.07, 6.45) is 4.49. The maximum atomic E-state index is 12.9. The Balaban J connectivity index is 0.00000400. The van der Waals surface area contributed by atoms with Crippen molar-refractivity contribution in [3.8, 4) is 6.07 Å². The minimum absolute atomic E-state index is 0. The van der Waals surface area contributed by atoms with Gasteiger partial charge in [-0.1, -0.05) is 18.5 Å². The summed E-state index contributed by atoms with van der Waals surface area (Å²) in [5, 5.41) is 12.4. The van der Waals surface area contributed by atoms with Crippen molar-refractivity contribution in [2.75, 3.05) is 37.6 Å². The Morgan fingerprint density at radius 2 is 1.86 bits per heavy atom. The summed E-state index contributed by atoms with van der Waals surface area (Å²) in [6.45, 7) is 10.0. The number of amides is 2. The number of rotatable bonds is 6. The number of piperazine rings is 1. The van der Waals surface area contributed by atoms with E-state index < -0.39 is 0 Å². The molecule has 0 aliphatic carbocycles. The van der Waals surface area contributed by atoms with Crippen LogP contribution in [0.5, 0.6) is 0 Å². The van der Waals surface area contributed by atoms with E-state index in [9.17, 15) is 9.59 Å². The zero-order chi connectivity index (χ0) is 26.5. The highest BCUT2D eigenvalue weighted by atomic mass is 35.5. The van der Waals surface area contributed by atoms with Crippen LogP contribution in [0.15, 0.2) is 36.5 Å². The summed E-state index contributed by atoms with van der Waals surface area (Å²) in [7, 11) is 0. The van der Waals surface area contributed by atoms with Crippen LogP contribution in [0.2, 0.25) is 5.02 Å². The normalized spacial score (nSPS) is 19.1. The Bertz CT molecular complexity index is 1160. The summed E-state index contributed by atoms with van der Waals surface area (Å²) in [4.78, 5) is 36.6. The molecule has 4 rings (SSSR count). The molecule has 9 heteroatoms. The van der Waals surface area contributed by atoms with Gasteiger partial charge in [-0.3, -0.25) is 14.5 Å². The summed E-state index contributed by atoms with van der Waals surface area (Å²) in [5.41, 5.74) is 1.66. The van der Waals surface area contributed by atoms with Gasteiger partial charge in [0.1, 0.15) is 5.82 Å². The lowest BCUT2D eigenvalue weighted by molar-refractivity contribution is 0.0490. The fourth-order valence-electron chi connectivity index (χ4n) is 5.31. The minimum atomic E-state index is -0.170. The van der Waals surface area contributed by atoms with Crippen molar-refractivity contribution in [2.24, 2.45) is 0 Å². The standard InChI is InChI=1S/C28H35ClN6O2.H2/c1-4-23-18-34(26-25(29)15-22(17-31-26)27(36)32-19(2)3)13-14-35(23)24-9-11-33(12-10-24)28(37)21-7-5-20(16-30)6-8-21;/h5-8,15,17,19,23-24H,4,9-14,18H2,1-3H3,(H,32,36);1H/t23-;/m0./s1. The Kier molecular flexibility index (Phi) is 8.67. The van der Waals surface area contributed by atoms with E-state index in [2.05, 4.69) is 33.1 Å². The molecule has 2 aromatic rings. The van der Waals surface area contributed by atoms with Crippen molar-refractivity contribution in [1.29, 1.82) is 5.26 Å². The van der Waals surface area contributed by atoms with Gasteiger partial charge in [-0.2, -0.15) is 5.26 Å². The second-order valence-corrected chi connectivity index (χ2v) is 10.5. The molecule has 2 saturated heterocycles. The van der Waals surface area contributed by atoms with Crippen molar-refractivity contribution in [3.05, 3.63) is 58.2 Å². The van der Waals surface area contributed by atoms with Crippen LogP contribution in [0.25, 0.3) is 0 Å². The van der Waals surface area contributed by atoms with Crippen LogP contribution in [0.1, 0.15) is 67.7 Å². The van der Waals surface area contributed by atoms with Gasteiger partial charge in [0.05, 0.1) is 22.2 Å². The number of hydrogen-bond donors (Lipinski definition) is 1. The first-order chi connectivity index (χ1) is 17.8. The molecule has 0 spiro atoms. The van der Waals surface area contributed by atoms with Crippen molar-refractivity contribution in [1.82, 2.24) is 20.1 Å². The molecule has 2 amide bonds. The molecule has 0 unspecified atom stereocenters. The molecule has 0 saturated carbocycles. The van der Waals surface area contributed by atoms with Gasteiger partial charge >= 0.3 is 0 Å². The van der Waals surface area contributed by atoms with Crippen LogP contribution in [-0.4, -0.2) is 77.4 Å². The molecule has 0 radical (unpaired) electrons. The second kappa shape index (κ2) is 11.9. The number of hydrogen-bond acceptors (Lipinski definition) is 6. The number of halogens is 1. The highest BCUT2D eigenvalue weighted by Gasteiger charge is 2.35. The molecule has 1 aromatic carbocycles. The van der Waals surface area contributed by atoms with Crippen LogP contribution < -0.4 is 10.2 Å². The molecule has 198 valence electrons. The minimum Gasteiger partial charge on any atom is -0.353 e. The number of likely N-dealkylation sites (tertiary alicyclic amines) is 1. The van der Waals surface area contributed by atoms with Gasteiger partial charge in [0.2, 0.25) is 0 Å². The average Bonchev–Trinajstić information content (AvgIpc) is 2.92. The maximum absolute atomic E-state index is 12.9. The highest BCUT2D eigenvalue weighted by molar-refractivity contribution is 6.33. The van der Waals surface area contributed by atoms with E-state index in [0.29, 0.717) is 33.8 Å². The molecule has 3 heterocycles. The van der Waals surface area contributed by atoms with E-state index in [1.165, 1.54) is 0 Å². The Labute approximate surface area is 225 Å². The van der Waals surface area contributed by atoms with Crippen LogP contribution in [0.3, 0.4) is 0 Å². The van der Waals surface area contributed by atoms with Crippen molar-refractivity contribution < 1.29 is 11.0 Å². The number of aromatic nitrogens is 1. The van der Waals surface area contributed by atoms with Crippen LogP contribution in [-0.2, 0) is 0 Å². The average molecular weight is 525 g/mol. The largest absolute Gasteiger partial charge is 0.353 e. The molecule has 1 N–H and O–H groups in total. The van der Waals surface area contributed by atoms with Gasteiger partial charge < -0.3 is 15.1 Å². The van der Waals surface area contributed by atoms with Crippen LogP contribution in [0.4, 0.5) is 5.82 Å². The third-order valence-electron chi connectivity index (χ3n) is 7.28. The molecule has 2 aliphatic heterocycles. The zero-order valence-electron chi connectivity index (χ0n) is 21.8. The SMILES string of the molecule is CC[C@H]1CN(c2ncc(C(=O)NC(C)C)cc2Cl)CCN1C1CCN(C(=O)c2ccc(C#N)cc2)CC1.[HH]. The van der Waals surface area contributed by atoms with E-state index in [1.807, 2.05) is 18.7 Å². The summed E-state index contributed by atoms with van der Waals surface area (Å²) < 4.78 is 0. The first-order valence-electron chi connectivity index (χ1n) is 13.1. The maximum Gasteiger partial charge on any atom is 0.253 e. The van der Waals surface area contributed by atoms with Gasteiger partial charge in [0, 0.05) is 64.0 Å². The Morgan fingerprint density at radius 3 is 2.46 bits per heavy atom. The molecular formula is C28H37ClN6O2. The fraction of sp³-hybridized carbons (Fsp3) is 0.500. The summed E-state index contributed by atoms with van der Waals surface area (Å²) in [5.74, 6) is 0.589. The van der Waals surface area contributed by atoms with Gasteiger partial charge in [0.25, 0.3) is 11.8 Å². The Hall–Kier alpha value is -3.15. The predicted octanol–water partition coefficient (Wildman–Crippen LogP) is 4.20. The van der Waals surface area contributed by atoms with E-state index in [-0.39, 0.29) is 19.3 Å². The van der Waals surface area contributed by atoms with E-state index >= 15 is 0 Å². The van der Waals surface area contributed by atoms with Crippen LogP contribution >= 0.6 is 11.6 Å². The number of benzene rings is 1. The lowest BCUT2D eigenvalue weighted by atomic mass is 9.97. The van der Waals surface area contributed by atoms with Gasteiger partial charge in [-0.25, -0.2) is 4.98 Å². The smallest absolute Gasteiger partial charge is 0.253 e. The molecule has 37 heavy (non-hydrogen) atoms. The molecule has 2 fully saturated rings. The predicted molar refractivity (Wildman–Crippen MR) is 147 cm³/mol. The monoisotopic (exact) mass is 524 g/mol. The first kappa shape index (κ1) is 26.9. The third kappa shape index (κ3) is 6.23. The molecule has 1 atom stereocenters. The second-order valence-electron chi connectivity index (χ2n) is 10.1. The summed E-state index contributed by atoms with van der Waals surface area (Å²) >= 11 is 6.58. The van der Waals surface area contributed by atoms with Gasteiger partial charge in [-0.05, 0) is 63.4 Å². The number of pyridine rings is 1. The third-order valence-corrected chi connectivity index (χ3v) is 7.56. The van der Waals surface area contributed by atoms with Crippen molar-refractivity contribution in [3.63, 3.8) is 0 Å². The van der Waals surface area contributed by atoms with E-state index in [4.69, 9.17) is 16.9 Å². The zero-order valence-corrected chi connectivity index (χ0v) is 22.5. The molecule has 1 aromatic heterocycles. The van der Waals surface area contributed by atoms with Crippen LogP contribution in [0, 0.1) is 11.3 Å². The molecular weight excluding hydrogens is 488 g/mol. The first-order valence-corrected chi connectivity index (χ1v) is 13.4. The van der Waals surface area contributed by atoms with Crippen molar-refractivity contribution in [2.45, 2.75) is 58.2 Å². The fourth-order valence-corrected chi connectivity index (χ4v) is 5.60. The highest BCUT2D eigenvalue weighted by Crippen LogP contribution is 2.30. The number of nitrogens with zero attached hydrogens (tertiary/aromatic N) is 5. The number of anilines is 1. The van der Waals surface area contributed by atoms with Gasteiger partial charge in [-0.15, -0.1) is 0 Å². The summed E-state index contributed by atoms with van der Waals surface area (Å²) in [6, 6.07) is 11.5. The molecule has 2 aliphatic rings. The topological polar surface area (TPSA) is 92.6 Å². The number of nitrogens with one attached hydrogen (secondary N) is 1. The van der Waals surface area contributed by atoms with Crippen molar-refractivity contribution >= 4 is 29.2 Å². The number of piperidine rings is 1. The molecule has 8 nitrogen and oxygen atoms in total. The molecule has 0 bridgehead atoms. The number of nitriles is 1. The lowest BCUT2D eigenvalue weighted by Gasteiger charge is -2.47. The van der Waals surface area contributed by atoms with E-state index in [1.54, 1.807) is 36.5 Å². The Morgan fingerprint density at radius 1 is 1.16 bits per heavy atom. The quantitative estimate of drug-likeness (QED) is 0.609. The number of carbonyl (C=O) groups is 2. The lowest BCUT2D eigenvalue weighted by Crippen LogP contribution is -2.58.